The molecule has 3 aromatic rings. The second-order valence-corrected chi connectivity index (χ2v) is 6.58. The highest BCUT2D eigenvalue weighted by Gasteiger charge is 2.26. The number of para-hydroxylation sites is 3. The van der Waals surface area contributed by atoms with Crippen molar-refractivity contribution in [3.63, 3.8) is 0 Å². The summed E-state index contributed by atoms with van der Waals surface area (Å²) in [4.78, 5) is 14.4. The number of halogens is 2. The number of ether oxygens (including phenoxy) is 1. The summed E-state index contributed by atoms with van der Waals surface area (Å²) in [7, 11) is 0. The first-order valence-electron chi connectivity index (χ1n) is 8.96. The lowest BCUT2D eigenvalue weighted by molar-refractivity contribution is -0.122. The molecule has 1 fully saturated rings. The van der Waals surface area contributed by atoms with E-state index < -0.39 is 6.61 Å². The number of alkyl halides is 2. The van der Waals surface area contributed by atoms with Gasteiger partial charge in [0.15, 0.2) is 0 Å². The van der Waals surface area contributed by atoms with E-state index in [1.165, 1.54) is 6.07 Å². The van der Waals surface area contributed by atoms with Crippen LogP contribution in [0.4, 0.5) is 14.5 Å². The van der Waals surface area contributed by atoms with Crippen molar-refractivity contribution in [1.29, 1.82) is 0 Å². The van der Waals surface area contributed by atoms with E-state index in [-0.39, 0.29) is 24.2 Å². The lowest BCUT2D eigenvalue weighted by Gasteiger charge is -2.22. The molecule has 2 aromatic carbocycles. The number of nitrogens with zero attached hydrogens (tertiary/aromatic N) is 4. The molecule has 0 aliphatic carbocycles. The van der Waals surface area contributed by atoms with Crippen LogP contribution in [0.1, 0.15) is 6.42 Å². The molecule has 1 N–H and O–H groups in total. The highest BCUT2D eigenvalue weighted by molar-refractivity contribution is 5.80. The lowest BCUT2D eigenvalue weighted by atomic mass is 10.2. The number of rotatable bonds is 6. The molecule has 1 unspecified atom stereocenters. The monoisotopic (exact) mass is 387 g/mol. The van der Waals surface area contributed by atoms with Crippen molar-refractivity contribution >= 4 is 22.6 Å². The first-order valence-corrected chi connectivity index (χ1v) is 8.96. The van der Waals surface area contributed by atoms with Crippen LogP contribution in [0.2, 0.25) is 0 Å². The number of carbonyl (C=O) groups excluding carboxylic acids is 1. The minimum Gasteiger partial charge on any atom is -0.433 e. The summed E-state index contributed by atoms with van der Waals surface area (Å²) in [6, 6.07) is 14.0. The van der Waals surface area contributed by atoms with Gasteiger partial charge in [0, 0.05) is 19.1 Å². The predicted molar refractivity (Wildman–Crippen MR) is 99.4 cm³/mol. The molecule has 0 spiro atoms. The molecule has 0 saturated carbocycles. The van der Waals surface area contributed by atoms with Crippen molar-refractivity contribution in [2.45, 2.75) is 25.6 Å². The highest BCUT2D eigenvalue weighted by Crippen LogP contribution is 2.31. The van der Waals surface area contributed by atoms with E-state index in [9.17, 15) is 13.6 Å². The molecule has 1 saturated heterocycles. The molecule has 4 rings (SSSR count). The van der Waals surface area contributed by atoms with Crippen molar-refractivity contribution < 1.29 is 18.3 Å². The first kappa shape index (κ1) is 18.1. The number of fused-ring (bicyclic) bond motifs is 1. The third kappa shape index (κ3) is 3.88. The Labute approximate surface area is 159 Å². The van der Waals surface area contributed by atoms with Crippen LogP contribution in [0, 0.1) is 0 Å². The fraction of sp³-hybridized carbons (Fsp3) is 0.316. The standard InChI is InChI=1S/C19H19F2N5O2/c20-19(21)28-17-8-4-3-7-16(17)25-10-9-13(11-25)22-18(27)12-26-15-6-2-1-5-14(15)23-24-26/h1-8,13,19H,9-12H2,(H,22,27). The van der Waals surface area contributed by atoms with Gasteiger partial charge in [0.2, 0.25) is 5.91 Å². The number of anilines is 1. The maximum atomic E-state index is 12.6. The normalized spacial score (nSPS) is 16.7. The van der Waals surface area contributed by atoms with Gasteiger partial charge in [0.05, 0.1) is 11.2 Å². The van der Waals surface area contributed by atoms with Crippen LogP contribution in [0.3, 0.4) is 0 Å². The number of carbonyl (C=O) groups is 1. The van der Waals surface area contributed by atoms with Gasteiger partial charge in [-0.1, -0.05) is 29.5 Å². The van der Waals surface area contributed by atoms with Crippen molar-refractivity contribution in [2.75, 3.05) is 18.0 Å². The van der Waals surface area contributed by atoms with Crippen molar-refractivity contribution in [3.8, 4) is 5.75 Å². The molecule has 1 aliphatic rings. The van der Waals surface area contributed by atoms with Crippen LogP contribution >= 0.6 is 0 Å². The Balaban J connectivity index is 1.38. The largest absolute Gasteiger partial charge is 0.433 e. The molecule has 1 atom stereocenters. The van der Waals surface area contributed by atoms with E-state index >= 15 is 0 Å². The average molecular weight is 387 g/mol. The third-order valence-electron chi connectivity index (χ3n) is 4.69. The Bertz CT molecular complexity index is 978. The molecule has 28 heavy (non-hydrogen) atoms. The fourth-order valence-electron chi connectivity index (χ4n) is 3.45. The summed E-state index contributed by atoms with van der Waals surface area (Å²) in [6.45, 7) is -1.65. The summed E-state index contributed by atoms with van der Waals surface area (Å²) >= 11 is 0. The second kappa shape index (κ2) is 7.79. The van der Waals surface area contributed by atoms with Crippen LogP contribution in [-0.4, -0.2) is 46.6 Å². The number of benzene rings is 2. The Hall–Kier alpha value is -3.23. The summed E-state index contributed by atoms with van der Waals surface area (Å²) < 4.78 is 31.4. The zero-order valence-corrected chi connectivity index (χ0v) is 15.0. The number of hydrogen-bond donors (Lipinski definition) is 1. The zero-order valence-electron chi connectivity index (χ0n) is 15.0. The van der Waals surface area contributed by atoms with Crippen LogP contribution in [-0.2, 0) is 11.3 Å². The predicted octanol–water partition coefficient (Wildman–Crippen LogP) is 2.43. The number of aromatic nitrogens is 3. The van der Waals surface area contributed by atoms with Gasteiger partial charge in [-0.3, -0.25) is 4.79 Å². The molecule has 0 bridgehead atoms. The molecular weight excluding hydrogens is 368 g/mol. The molecule has 1 aromatic heterocycles. The summed E-state index contributed by atoms with van der Waals surface area (Å²) in [5, 5.41) is 11.0. The average Bonchev–Trinajstić information content (AvgIpc) is 3.29. The van der Waals surface area contributed by atoms with Gasteiger partial charge in [0.1, 0.15) is 17.8 Å². The minimum atomic E-state index is -2.88. The molecule has 0 radical (unpaired) electrons. The minimum absolute atomic E-state index is 0.0715. The number of hydrogen-bond acceptors (Lipinski definition) is 5. The smallest absolute Gasteiger partial charge is 0.387 e. The van der Waals surface area contributed by atoms with E-state index in [4.69, 9.17) is 0 Å². The molecule has 9 heteroatoms. The highest BCUT2D eigenvalue weighted by atomic mass is 19.3. The van der Waals surface area contributed by atoms with E-state index in [1.807, 2.05) is 29.2 Å². The van der Waals surface area contributed by atoms with Gasteiger partial charge in [0.25, 0.3) is 0 Å². The Kier molecular flexibility index (Phi) is 5.05. The van der Waals surface area contributed by atoms with Crippen LogP contribution in [0.15, 0.2) is 48.5 Å². The van der Waals surface area contributed by atoms with E-state index in [2.05, 4.69) is 20.4 Å². The SMILES string of the molecule is O=C(Cn1nnc2ccccc21)NC1CCN(c2ccccc2OC(F)F)C1. The molecule has 1 aliphatic heterocycles. The van der Waals surface area contributed by atoms with Crippen molar-refractivity contribution in [3.05, 3.63) is 48.5 Å². The van der Waals surface area contributed by atoms with Gasteiger partial charge >= 0.3 is 6.61 Å². The van der Waals surface area contributed by atoms with Crippen LogP contribution in [0.25, 0.3) is 11.0 Å². The topological polar surface area (TPSA) is 72.3 Å². The Morgan fingerprint density at radius 2 is 2.00 bits per heavy atom. The maximum absolute atomic E-state index is 12.6. The molecule has 1 amide bonds. The number of amides is 1. The molecule has 7 nitrogen and oxygen atoms in total. The van der Waals surface area contributed by atoms with E-state index in [0.717, 1.165) is 11.0 Å². The summed E-state index contributed by atoms with van der Waals surface area (Å²) in [6.07, 6.45) is 0.715. The van der Waals surface area contributed by atoms with Gasteiger partial charge < -0.3 is 15.0 Å². The quantitative estimate of drug-likeness (QED) is 0.703. The molecule has 146 valence electrons. The van der Waals surface area contributed by atoms with Gasteiger partial charge in [-0.05, 0) is 30.7 Å². The van der Waals surface area contributed by atoms with Crippen LogP contribution < -0.4 is 15.0 Å². The number of nitrogens with one attached hydrogen (secondary N) is 1. The van der Waals surface area contributed by atoms with Gasteiger partial charge in [-0.2, -0.15) is 8.78 Å². The van der Waals surface area contributed by atoms with E-state index in [0.29, 0.717) is 25.2 Å². The molecular formula is C19H19F2N5O2. The van der Waals surface area contributed by atoms with Crippen LogP contribution in [0.5, 0.6) is 5.75 Å². The summed E-state index contributed by atoms with van der Waals surface area (Å²) in [5.41, 5.74) is 2.13. The second-order valence-electron chi connectivity index (χ2n) is 6.58. The Morgan fingerprint density at radius 3 is 2.86 bits per heavy atom. The van der Waals surface area contributed by atoms with Gasteiger partial charge in [-0.25, -0.2) is 4.68 Å². The van der Waals surface area contributed by atoms with E-state index in [1.54, 1.807) is 22.9 Å². The van der Waals surface area contributed by atoms with Crippen molar-refractivity contribution in [2.24, 2.45) is 0 Å². The fourth-order valence-corrected chi connectivity index (χ4v) is 3.45. The lowest BCUT2D eigenvalue weighted by Crippen LogP contribution is -2.39. The molecule has 2 heterocycles. The Morgan fingerprint density at radius 1 is 1.21 bits per heavy atom. The summed E-state index contributed by atoms with van der Waals surface area (Å²) in [5.74, 6) is -0.0295. The van der Waals surface area contributed by atoms with Crippen molar-refractivity contribution in [1.82, 2.24) is 20.3 Å². The van der Waals surface area contributed by atoms with Gasteiger partial charge in [-0.15, -0.1) is 5.10 Å². The maximum Gasteiger partial charge on any atom is 0.387 e. The zero-order chi connectivity index (χ0) is 19.5. The third-order valence-corrected chi connectivity index (χ3v) is 4.69. The first-order chi connectivity index (χ1) is 13.6.